The Morgan fingerprint density at radius 3 is 2.44 bits per heavy atom. The lowest BCUT2D eigenvalue weighted by Gasteiger charge is -2.07. The minimum Gasteiger partial charge on any atom is -0.477 e. The molecule has 1 aromatic rings. The summed E-state index contributed by atoms with van der Waals surface area (Å²) in [6.45, 7) is 0. The Kier molecular flexibility index (Phi) is 2.76. The number of amides is 1. The number of anilines is 1. The van der Waals surface area contributed by atoms with Crippen molar-refractivity contribution in [1.82, 2.24) is 10.2 Å². The number of nitrogens with one attached hydrogen (secondary N) is 2. The molecule has 0 saturated heterocycles. The molecule has 1 fully saturated rings. The molecule has 6 nitrogen and oxygen atoms in total. The topological polar surface area (TPSA) is 95.1 Å². The number of carbonyl (C=O) groups is 2. The quantitative estimate of drug-likeness (QED) is 0.769. The van der Waals surface area contributed by atoms with E-state index in [1.165, 1.54) is 0 Å². The van der Waals surface area contributed by atoms with Gasteiger partial charge in [-0.25, -0.2) is 4.79 Å². The van der Waals surface area contributed by atoms with Gasteiger partial charge in [-0.1, -0.05) is 0 Å². The zero-order chi connectivity index (χ0) is 13.5. The van der Waals surface area contributed by atoms with Crippen LogP contribution < -0.4 is 5.32 Å². The van der Waals surface area contributed by atoms with E-state index in [1.54, 1.807) is 5.32 Å². The Hall–Kier alpha value is -2.06. The molecule has 0 radical (unpaired) electrons. The molecule has 0 atom stereocenters. The maximum atomic E-state index is 12.1. The number of hydrogen-bond acceptors (Lipinski definition) is 3. The molecule has 0 spiro atoms. The second-order valence-corrected chi connectivity index (χ2v) is 3.89. The Labute approximate surface area is 98.2 Å². The van der Waals surface area contributed by atoms with Crippen LogP contribution in [-0.4, -0.2) is 33.4 Å². The van der Waals surface area contributed by atoms with Crippen LogP contribution in [0.4, 0.5) is 19.0 Å². The Morgan fingerprint density at radius 1 is 1.39 bits per heavy atom. The summed E-state index contributed by atoms with van der Waals surface area (Å²) < 4.78 is 36.2. The summed E-state index contributed by atoms with van der Waals surface area (Å²) in [6, 6.07) is 0. The first-order valence-corrected chi connectivity index (χ1v) is 5.00. The van der Waals surface area contributed by atoms with Crippen molar-refractivity contribution in [3.05, 3.63) is 11.3 Å². The van der Waals surface area contributed by atoms with Crippen LogP contribution in [-0.2, 0) is 4.79 Å². The van der Waals surface area contributed by atoms with Crippen LogP contribution in [0.5, 0.6) is 0 Å². The van der Waals surface area contributed by atoms with Crippen molar-refractivity contribution in [2.45, 2.75) is 24.9 Å². The van der Waals surface area contributed by atoms with Gasteiger partial charge in [0.05, 0.1) is 0 Å². The maximum absolute atomic E-state index is 12.1. The van der Waals surface area contributed by atoms with Gasteiger partial charge in [-0.2, -0.15) is 18.3 Å². The normalized spacial score (nSPS) is 15.5. The Bertz CT molecular complexity index is 505. The van der Waals surface area contributed by atoms with Gasteiger partial charge in [0.15, 0.2) is 5.82 Å². The molecule has 98 valence electrons. The molecule has 2 rings (SSSR count). The highest BCUT2D eigenvalue weighted by Crippen LogP contribution is 2.44. The number of H-pyrrole nitrogens is 1. The highest BCUT2D eigenvalue weighted by atomic mass is 19.4. The highest BCUT2D eigenvalue weighted by molar-refractivity contribution is 5.97. The minimum absolute atomic E-state index is 0.125. The van der Waals surface area contributed by atoms with E-state index in [0.29, 0.717) is 12.8 Å². The van der Waals surface area contributed by atoms with E-state index in [0.717, 1.165) is 0 Å². The number of aromatic carboxylic acids is 1. The summed E-state index contributed by atoms with van der Waals surface area (Å²) in [6.07, 6.45) is -3.72. The first kappa shape index (κ1) is 12.4. The summed E-state index contributed by atoms with van der Waals surface area (Å²) >= 11 is 0. The highest BCUT2D eigenvalue weighted by Gasteiger charge is 2.41. The van der Waals surface area contributed by atoms with Gasteiger partial charge in [0.25, 0.3) is 0 Å². The number of alkyl halides is 3. The fraction of sp³-hybridized carbons (Fsp3) is 0.444. The monoisotopic (exact) mass is 263 g/mol. The number of rotatable bonds is 3. The second kappa shape index (κ2) is 4.00. The molecular weight excluding hydrogens is 255 g/mol. The third-order valence-corrected chi connectivity index (χ3v) is 2.49. The molecule has 18 heavy (non-hydrogen) atoms. The van der Waals surface area contributed by atoms with E-state index in [-0.39, 0.29) is 23.0 Å². The molecule has 1 aliphatic rings. The van der Waals surface area contributed by atoms with E-state index in [1.807, 2.05) is 0 Å². The number of carbonyl (C=O) groups excluding carboxylic acids is 1. The molecule has 1 saturated carbocycles. The molecular formula is C9H8F3N3O3. The summed E-state index contributed by atoms with van der Waals surface area (Å²) in [7, 11) is 0. The van der Waals surface area contributed by atoms with Gasteiger partial charge in [-0.05, 0) is 18.8 Å². The van der Waals surface area contributed by atoms with Crippen molar-refractivity contribution in [3.63, 3.8) is 0 Å². The maximum Gasteiger partial charge on any atom is 0.471 e. The molecule has 1 aromatic heterocycles. The van der Waals surface area contributed by atoms with Crippen molar-refractivity contribution in [1.29, 1.82) is 0 Å². The van der Waals surface area contributed by atoms with Crippen molar-refractivity contribution in [2.75, 3.05) is 5.32 Å². The number of nitrogens with zero attached hydrogens (tertiary/aromatic N) is 1. The molecule has 1 heterocycles. The van der Waals surface area contributed by atoms with Crippen molar-refractivity contribution < 1.29 is 27.9 Å². The van der Waals surface area contributed by atoms with Gasteiger partial charge in [0.1, 0.15) is 5.69 Å². The summed E-state index contributed by atoms with van der Waals surface area (Å²) in [5.74, 6) is -4.03. The van der Waals surface area contributed by atoms with Crippen LogP contribution in [0.15, 0.2) is 0 Å². The fourth-order valence-electron chi connectivity index (χ4n) is 1.56. The van der Waals surface area contributed by atoms with Crippen molar-refractivity contribution in [2.24, 2.45) is 0 Å². The third kappa shape index (κ3) is 2.29. The molecule has 3 N–H and O–H groups in total. The van der Waals surface area contributed by atoms with E-state index >= 15 is 0 Å². The number of carboxylic acids is 1. The Morgan fingerprint density at radius 2 is 2.00 bits per heavy atom. The van der Waals surface area contributed by atoms with Crippen LogP contribution in [0.2, 0.25) is 0 Å². The average molecular weight is 263 g/mol. The summed E-state index contributed by atoms with van der Waals surface area (Å²) in [5.41, 5.74) is -0.157. The second-order valence-electron chi connectivity index (χ2n) is 3.89. The van der Waals surface area contributed by atoms with Gasteiger partial charge in [-0.15, -0.1) is 0 Å². The van der Waals surface area contributed by atoms with Crippen LogP contribution in [0.1, 0.15) is 34.8 Å². The summed E-state index contributed by atoms with van der Waals surface area (Å²) in [5, 5.41) is 16.0. The van der Waals surface area contributed by atoms with Crippen LogP contribution in [0.3, 0.4) is 0 Å². The minimum atomic E-state index is -5.04. The van der Waals surface area contributed by atoms with Gasteiger partial charge in [-0.3, -0.25) is 9.89 Å². The van der Waals surface area contributed by atoms with Gasteiger partial charge < -0.3 is 10.4 Å². The Balaban J connectivity index is 2.29. The van der Waals surface area contributed by atoms with Crippen LogP contribution in [0.25, 0.3) is 0 Å². The standard InChI is InChI=1S/C9H8F3N3O3/c10-9(11,12)8(18)13-6-4(3-1-2-3)5(7(16)17)14-15-6/h3H,1-2H2,(H,16,17)(H2,13,14,15,18). The molecule has 1 aliphatic carbocycles. The lowest BCUT2D eigenvalue weighted by molar-refractivity contribution is -0.167. The van der Waals surface area contributed by atoms with Crippen LogP contribution in [0, 0.1) is 0 Å². The first-order valence-electron chi connectivity index (χ1n) is 5.00. The smallest absolute Gasteiger partial charge is 0.471 e. The van der Waals surface area contributed by atoms with Crippen LogP contribution >= 0.6 is 0 Å². The van der Waals surface area contributed by atoms with Gasteiger partial charge in [0.2, 0.25) is 0 Å². The van der Waals surface area contributed by atoms with E-state index in [9.17, 15) is 22.8 Å². The predicted molar refractivity (Wildman–Crippen MR) is 52.2 cm³/mol. The predicted octanol–water partition coefficient (Wildman–Crippen LogP) is 1.49. The summed E-state index contributed by atoms with van der Waals surface area (Å²) in [4.78, 5) is 21.6. The fourth-order valence-corrected chi connectivity index (χ4v) is 1.56. The van der Waals surface area contributed by atoms with Gasteiger partial charge in [0, 0.05) is 5.56 Å². The molecule has 0 aliphatic heterocycles. The zero-order valence-electron chi connectivity index (χ0n) is 8.84. The number of halogens is 3. The van der Waals surface area contributed by atoms with Gasteiger partial charge >= 0.3 is 18.1 Å². The average Bonchev–Trinajstić information content (AvgIpc) is 2.98. The SMILES string of the molecule is O=C(O)c1[nH]nc(NC(=O)C(F)(F)F)c1C1CC1. The number of aromatic nitrogens is 2. The molecule has 0 aromatic carbocycles. The van der Waals surface area contributed by atoms with E-state index in [2.05, 4.69) is 10.2 Å². The van der Waals surface area contributed by atoms with Crippen molar-refractivity contribution >= 4 is 17.7 Å². The van der Waals surface area contributed by atoms with E-state index < -0.39 is 18.1 Å². The third-order valence-electron chi connectivity index (χ3n) is 2.49. The number of hydrogen-bond donors (Lipinski definition) is 3. The van der Waals surface area contributed by atoms with Crippen molar-refractivity contribution in [3.8, 4) is 0 Å². The first-order chi connectivity index (χ1) is 8.30. The molecule has 9 heteroatoms. The molecule has 1 amide bonds. The zero-order valence-corrected chi connectivity index (χ0v) is 8.84. The lowest BCUT2D eigenvalue weighted by atomic mass is 10.1. The lowest BCUT2D eigenvalue weighted by Crippen LogP contribution is -2.30. The molecule has 0 unspecified atom stereocenters. The number of aromatic amines is 1. The molecule has 0 bridgehead atoms. The van der Waals surface area contributed by atoms with E-state index in [4.69, 9.17) is 5.11 Å². The largest absolute Gasteiger partial charge is 0.477 e. The number of carboxylic acid groups (broad SMARTS) is 1.